The maximum Gasteiger partial charge on any atom is 0.270 e. The molecule has 0 amide bonds. The number of hydrogen-bond donors (Lipinski definition) is 0. The van der Waals surface area contributed by atoms with E-state index in [9.17, 15) is 10.1 Å². The number of aromatic nitrogens is 2. The second kappa shape index (κ2) is 6.40. The molecular weight excluding hydrogens is 302 g/mol. The summed E-state index contributed by atoms with van der Waals surface area (Å²) in [5, 5.41) is 14.7. The van der Waals surface area contributed by atoms with Gasteiger partial charge in [0.25, 0.3) is 5.69 Å². The first-order chi connectivity index (χ1) is 10.7. The summed E-state index contributed by atoms with van der Waals surface area (Å²) in [6.07, 6.45) is 0. The fraction of sp³-hybridized carbons (Fsp3) is 0.0667. The molecule has 0 unspecified atom stereocenters. The van der Waals surface area contributed by atoms with Gasteiger partial charge in [-0.1, -0.05) is 35.5 Å². The number of nitrogens with zero attached hydrogens (tertiary/aromatic N) is 3. The molecule has 0 aliphatic heterocycles. The largest absolute Gasteiger partial charge is 0.338 e. The zero-order valence-electron chi connectivity index (χ0n) is 11.4. The third-order valence-corrected chi connectivity index (χ3v) is 3.89. The second-order valence-electron chi connectivity index (χ2n) is 4.42. The summed E-state index contributed by atoms with van der Waals surface area (Å²) in [7, 11) is 0. The third kappa shape index (κ3) is 3.32. The van der Waals surface area contributed by atoms with Crippen LogP contribution in [0.25, 0.3) is 11.4 Å². The van der Waals surface area contributed by atoms with Crippen molar-refractivity contribution in [1.29, 1.82) is 0 Å². The van der Waals surface area contributed by atoms with E-state index in [1.54, 1.807) is 23.9 Å². The lowest BCUT2D eigenvalue weighted by molar-refractivity contribution is -0.384. The smallest absolute Gasteiger partial charge is 0.270 e. The number of thioether (sulfide) groups is 1. The minimum atomic E-state index is -0.449. The van der Waals surface area contributed by atoms with Crippen LogP contribution in [-0.4, -0.2) is 15.1 Å². The molecule has 22 heavy (non-hydrogen) atoms. The average molecular weight is 313 g/mol. The van der Waals surface area contributed by atoms with Gasteiger partial charge in [-0.15, -0.1) is 11.8 Å². The molecular formula is C15H11N3O3S. The van der Waals surface area contributed by atoms with Gasteiger partial charge in [0.15, 0.2) is 0 Å². The maximum absolute atomic E-state index is 10.8. The highest BCUT2D eigenvalue weighted by Gasteiger charge is 2.12. The standard InChI is InChI=1S/C15H11N3O3S/c19-18(20)12-6-4-5-11(9-12)15-16-14(21-17-15)10-22-13-7-2-1-3-8-13/h1-9H,10H2. The van der Waals surface area contributed by atoms with E-state index in [1.165, 1.54) is 12.1 Å². The Morgan fingerprint density at radius 1 is 1.14 bits per heavy atom. The molecule has 2 aromatic carbocycles. The van der Waals surface area contributed by atoms with Crippen LogP contribution < -0.4 is 0 Å². The molecule has 0 fully saturated rings. The Hall–Kier alpha value is -2.67. The molecule has 3 aromatic rings. The van der Waals surface area contributed by atoms with Crippen LogP contribution in [-0.2, 0) is 5.75 Å². The summed E-state index contributed by atoms with van der Waals surface area (Å²) in [4.78, 5) is 15.7. The molecule has 3 rings (SSSR count). The number of nitro benzene ring substituents is 1. The van der Waals surface area contributed by atoms with Crippen LogP contribution in [0.3, 0.4) is 0 Å². The molecule has 0 aliphatic carbocycles. The van der Waals surface area contributed by atoms with Crippen molar-refractivity contribution in [2.45, 2.75) is 10.6 Å². The molecule has 1 heterocycles. The van der Waals surface area contributed by atoms with E-state index >= 15 is 0 Å². The zero-order chi connectivity index (χ0) is 15.4. The lowest BCUT2D eigenvalue weighted by atomic mass is 10.2. The molecule has 0 aliphatic rings. The van der Waals surface area contributed by atoms with Crippen molar-refractivity contribution in [2.24, 2.45) is 0 Å². The summed E-state index contributed by atoms with van der Waals surface area (Å²) >= 11 is 1.59. The fourth-order valence-electron chi connectivity index (χ4n) is 1.85. The molecule has 6 nitrogen and oxygen atoms in total. The summed E-state index contributed by atoms with van der Waals surface area (Å²) in [5.41, 5.74) is 0.566. The van der Waals surface area contributed by atoms with Crippen LogP contribution >= 0.6 is 11.8 Å². The Balaban J connectivity index is 1.73. The van der Waals surface area contributed by atoms with E-state index in [-0.39, 0.29) is 5.69 Å². The van der Waals surface area contributed by atoms with E-state index in [1.807, 2.05) is 30.3 Å². The van der Waals surface area contributed by atoms with Gasteiger partial charge in [-0.3, -0.25) is 10.1 Å². The van der Waals surface area contributed by atoms with Crippen LogP contribution in [0.15, 0.2) is 64.0 Å². The Bertz CT molecular complexity index is 789. The first-order valence-electron chi connectivity index (χ1n) is 6.47. The van der Waals surface area contributed by atoms with Crippen molar-refractivity contribution in [3.05, 3.63) is 70.6 Å². The number of rotatable bonds is 5. The van der Waals surface area contributed by atoms with Crippen molar-refractivity contribution in [3.8, 4) is 11.4 Å². The summed E-state index contributed by atoms with van der Waals surface area (Å²) in [6.45, 7) is 0. The maximum atomic E-state index is 10.8. The fourth-order valence-corrected chi connectivity index (χ4v) is 2.61. The molecule has 0 atom stereocenters. The quantitative estimate of drug-likeness (QED) is 0.403. The molecule has 0 spiro atoms. The Morgan fingerprint density at radius 2 is 1.95 bits per heavy atom. The molecule has 1 aromatic heterocycles. The minimum Gasteiger partial charge on any atom is -0.338 e. The van der Waals surface area contributed by atoms with Gasteiger partial charge in [-0.05, 0) is 12.1 Å². The predicted octanol–water partition coefficient (Wildman–Crippen LogP) is 3.94. The lowest BCUT2D eigenvalue weighted by Gasteiger charge is -1.96. The van der Waals surface area contributed by atoms with Crippen molar-refractivity contribution in [1.82, 2.24) is 10.1 Å². The first kappa shape index (κ1) is 14.3. The summed E-state index contributed by atoms with van der Waals surface area (Å²) in [6, 6.07) is 16.1. The van der Waals surface area contributed by atoms with Crippen LogP contribution in [0.5, 0.6) is 0 Å². The van der Waals surface area contributed by atoms with E-state index in [2.05, 4.69) is 10.1 Å². The minimum absolute atomic E-state index is 0.00232. The van der Waals surface area contributed by atoms with Gasteiger partial charge in [0.2, 0.25) is 11.7 Å². The van der Waals surface area contributed by atoms with Crippen LogP contribution in [0.1, 0.15) is 5.89 Å². The number of hydrogen-bond acceptors (Lipinski definition) is 6. The molecule has 0 N–H and O–H groups in total. The van der Waals surface area contributed by atoms with Crippen molar-refractivity contribution >= 4 is 17.4 Å². The van der Waals surface area contributed by atoms with Gasteiger partial charge in [-0.25, -0.2) is 0 Å². The highest BCUT2D eigenvalue weighted by Crippen LogP contribution is 2.24. The van der Waals surface area contributed by atoms with Gasteiger partial charge in [0.05, 0.1) is 10.7 Å². The molecule has 0 radical (unpaired) electrons. The second-order valence-corrected chi connectivity index (χ2v) is 5.47. The van der Waals surface area contributed by atoms with Gasteiger partial charge in [-0.2, -0.15) is 4.98 Å². The van der Waals surface area contributed by atoms with Gasteiger partial charge in [0.1, 0.15) is 0 Å². The molecule has 0 saturated heterocycles. The van der Waals surface area contributed by atoms with Crippen LogP contribution in [0.2, 0.25) is 0 Å². The highest BCUT2D eigenvalue weighted by molar-refractivity contribution is 7.98. The SMILES string of the molecule is O=[N+]([O-])c1cccc(-c2noc(CSc3ccccc3)n2)c1. The van der Waals surface area contributed by atoms with Crippen molar-refractivity contribution in [2.75, 3.05) is 0 Å². The zero-order valence-corrected chi connectivity index (χ0v) is 12.2. The monoisotopic (exact) mass is 313 g/mol. The number of nitro groups is 1. The van der Waals surface area contributed by atoms with Gasteiger partial charge < -0.3 is 4.52 Å². The van der Waals surface area contributed by atoms with E-state index in [0.29, 0.717) is 23.0 Å². The molecule has 110 valence electrons. The Morgan fingerprint density at radius 3 is 2.73 bits per heavy atom. The van der Waals surface area contributed by atoms with E-state index in [4.69, 9.17) is 4.52 Å². The predicted molar refractivity (Wildman–Crippen MR) is 82.4 cm³/mol. The van der Waals surface area contributed by atoms with Gasteiger partial charge >= 0.3 is 0 Å². The normalized spacial score (nSPS) is 10.5. The summed E-state index contributed by atoms with van der Waals surface area (Å²) < 4.78 is 5.19. The van der Waals surface area contributed by atoms with E-state index in [0.717, 1.165) is 4.90 Å². The first-order valence-corrected chi connectivity index (χ1v) is 7.46. The van der Waals surface area contributed by atoms with Crippen LogP contribution in [0.4, 0.5) is 5.69 Å². The molecule has 7 heteroatoms. The Labute approximate surface area is 130 Å². The lowest BCUT2D eigenvalue weighted by Crippen LogP contribution is -1.89. The summed E-state index contributed by atoms with van der Waals surface area (Å²) in [5.74, 6) is 1.38. The Kier molecular flexibility index (Phi) is 4.15. The third-order valence-electron chi connectivity index (χ3n) is 2.89. The highest BCUT2D eigenvalue weighted by atomic mass is 32.2. The average Bonchev–Trinajstić information content (AvgIpc) is 3.03. The van der Waals surface area contributed by atoms with Crippen LogP contribution in [0, 0.1) is 10.1 Å². The van der Waals surface area contributed by atoms with Crippen molar-refractivity contribution < 1.29 is 9.45 Å². The number of benzene rings is 2. The van der Waals surface area contributed by atoms with Crippen molar-refractivity contribution in [3.63, 3.8) is 0 Å². The topological polar surface area (TPSA) is 82.1 Å². The molecule has 0 saturated carbocycles. The number of non-ortho nitro benzene ring substituents is 1. The van der Waals surface area contributed by atoms with Gasteiger partial charge in [0, 0.05) is 22.6 Å². The van der Waals surface area contributed by atoms with E-state index < -0.39 is 4.92 Å². The molecule has 0 bridgehead atoms.